The first-order chi connectivity index (χ1) is 5.11. The van der Waals surface area contributed by atoms with Crippen molar-refractivity contribution in [3.8, 4) is 0 Å². The fraction of sp³-hybridized carbons (Fsp3) is 0.857. The molecule has 1 atom stereocenters. The van der Waals surface area contributed by atoms with Crippen LogP contribution in [-0.2, 0) is 0 Å². The molecule has 0 spiro atoms. The Labute approximate surface area is 72.0 Å². The van der Waals surface area contributed by atoms with Gasteiger partial charge in [-0.2, -0.15) is 5.10 Å². The lowest BCUT2D eigenvalue weighted by molar-refractivity contribution is 0.426. The molecule has 0 fully saturated rings. The third-order valence-electron chi connectivity index (χ3n) is 1.67. The van der Waals surface area contributed by atoms with Crippen LogP contribution in [0.4, 0.5) is 0 Å². The van der Waals surface area contributed by atoms with Crippen LogP contribution in [0.2, 0.25) is 0 Å². The van der Waals surface area contributed by atoms with Crippen molar-refractivity contribution < 1.29 is 0 Å². The largest absolute Gasteiger partial charge is 0.322 e. The molecule has 1 rings (SSSR count). The minimum absolute atomic E-state index is 0.116. The van der Waals surface area contributed by atoms with Crippen LogP contribution in [0, 0.1) is 5.92 Å². The van der Waals surface area contributed by atoms with Crippen LogP contribution in [0.3, 0.4) is 0 Å². The first kappa shape index (κ1) is 8.87. The Morgan fingerprint density at radius 2 is 2.27 bits per heavy atom. The van der Waals surface area contributed by atoms with Gasteiger partial charge in [0.25, 0.3) is 0 Å². The summed E-state index contributed by atoms with van der Waals surface area (Å²) in [5.41, 5.74) is 5.91. The van der Waals surface area contributed by atoms with Crippen molar-refractivity contribution in [2.75, 3.05) is 12.9 Å². The van der Waals surface area contributed by atoms with Crippen molar-refractivity contribution in [2.24, 2.45) is 16.8 Å². The van der Waals surface area contributed by atoms with Crippen molar-refractivity contribution in [1.82, 2.24) is 5.01 Å². The van der Waals surface area contributed by atoms with Gasteiger partial charge >= 0.3 is 0 Å². The van der Waals surface area contributed by atoms with Gasteiger partial charge in [0.2, 0.25) is 0 Å². The molecule has 4 heteroatoms. The summed E-state index contributed by atoms with van der Waals surface area (Å²) in [6, 6.07) is 0.116. The first-order valence-electron chi connectivity index (χ1n) is 3.79. The Bertz CT molecular complexity index is 167. The molecule has 64 valence electrons. The maximum absolute atomic E-state index is 5.91. The lowest BCUT2D eigenvalue weighted by Gasteiger charge is -2.13. The molecule has 1 aliphatic rings. The SMILES string of the molecule is CC(C)[C@@H](N)C1=NN(C)CS1. The van der Waals surface area contributed by atoms with Gasteiger partial charge in [-0.25, -0.2) is 0 Å². The van der Waals surface area contributed by atoms with E-state index in [0.717, 1.165) is 10.9 Å². The molecule has 0 aromatic carbocycles. The summed E-state index contributed by atoms with van der Waals surface area (Å²) in [6.07, 6.45) is 0. The highest BCUT2D eigenvalue weighted by atomic mass is 32.2. The van der Waals surface area contributed by atoms with Crippen LogP contribution < -0.4 is 5.73 Å². The lowest BCUT2D eigenvalue weighted by Crippen LogP contribution is -2.33. The van der Waals surface area contributed by atoms with Crippen LogP contribution in [0.5, 0.6) is 0 Å². The number of thioether (sulfide) groups is 1. The minimum Gasteiger partial charge on any atom is -0.322 e. The van der Waals surface area contributed by atoms with Crippen LogP contribution in [0.1, 0.15) is 13.8 Å². The van der Waals surface area contributed by atoms with E-state index in [-0.39, 0.29) is 6.04 Å². The molecule has 0 unspecified atom stereocenters. The predicted molar refractivity (Wildman–Crippen MR) is 50.5 cm³/mol. The quantitative estimate of drug-likeness (QED) is 0.675. The summed E-state index contributed by atoms with van der Waals surface area (Å²) in [7, 11) is 1.97. The Morgan fingerprint density at radius 1 is 1.64 bits per heavy atom. The van der Waals surface area contributed by atoms with E-state index in [9.17, 15) is 0 Å². The summed E-state index contributed by atoms with van der Waals surface area (Å²) in [6.45, 7) is 4.23. The van der Waals surface area contributed by atoms with Gasteiger partial charge < -0.3 is 5.73 Å². The Kier molecular flexibility index (Phi) is 2.78. The number of hydrogen-bond donors (Lipinski definition) is 1. The fourth-order valence-corrected chi connectivity index (χ4v) is 1.87. The fourth-order valence-electron chi connectivity index (χ4n) is 0.834. The predicted octanol–water partition coefficient (Wildman–Crippen LogP) is 0.919. The molecule has 0 saturated carbocycles. The number of hydrogen-bond acceptors (Lipinski definition) is 4. The van der Waals surface area contributed by atoms with E-state index in [0.29, 0.717) is 5.92 Å². The molecule has 11 heavy (non-hydrogen) atoms. The number of hydrazone groups is 1. The van der Waals surface area contributed by atoms with Gasteiger partial charge in [0.15, 0.2) is 0 Å². The standard InChI is InChI=1S/C7H15N3S/c1-5(2)6(8)7-9-10(3)4-11-7/h5-6H,4,8H2,1-3H3/t6-/m1/s1. The average Bonchev–Trinajstić information content (AvgIpc) is 2.34. The van der Waals surface area contributed by atoms with Crippen LogP contribution in [0.15, 0.2) is 5.10 Å². The molecule has 2 N–H and O–H groups in total. The van der Waals surface area contributed by atoms with Gasteiger partial charge in [-0.05, 0) is 5.92 Å². The van der Waals surface area contributed by atoms with E-state index in [1.54, 1.807) is 11.8 Å². The molecule has 0 bridgehead atoms. The van der Waals surface area contributed by atoms with Crippen molar-refractivity contribution in [3.63, 3.8) is 0 Å². The van der Waals surface area contributed by atoms with Crippen LogP contribution in [0.25, 0.3) is 0 Å². The zero-order chi connectivity index (χ0) is 8.43. The third-order valence-corrected chi connectivity index (χ3v) is 2.82. The summed E-state index contributed by atoms with van der Waals surface area (Å²) >= 11 is 1.74. The zero-order valence-corrected chi connectivity index (χ0v) is 8.06. The summed E-state index contributed by atoms with van der Waals surface area (Å²) < 4.78 is 0. The van der Waals surface area contributed by atoms with Gasteiger partial charge in [-0.15, -0.1) is 0 Å². The number of rotatable bonds is 2. The molecule has 0 radical (unpaired) electrons. The molecule has 0 aromatic heterocycles. The van der Waals surface area contributed by atoms with Crippen LogP contribution >= 0.6 is 11.8 Å². The maximum atomic E-state index is 5.91. The smallest absolute Gasteiger partial charge is 0.112 e. The molecular weight excluding hydrogens is 158 g/mol. The molecule has 0 saturated heterocycles. The summed E-state index contributed by atoms with van der Waals surface area (Å²) in [5, 5.41) is 7.29. The number of nitrogens with zero attached hydrogens (tertiary/aromatic N) is 2. The second-order valence-electron chi connectivity index (χ2n) is 3.14. The molecular formula is C7H15N3S. The monoisotopic (exact) mass is 173 g/mol. The molecule has 3 nitrogen and oxygen atoms in total. The lowest BCUT2D eigenvalue weighted by atomic mass is 10.1. The normalized spacial score (nSPS) is 20.8. The van der Waals surface area contributed by atoms with Gasteiger partial charge in [0, 0.05) is 7.05 Å². The average molecular weight is 173 g/mol. The van der Waals surface area contributed by atoms with Crippen LogP contribution in [-0.4, -0.2) is 29.0 Å². The van der Waals surface area contributed by atoms with Gasteiger partial charge in [0.05, 0.1) is 11.9 Å². The highest BCUT2D eigenvalue weighted by Crippen LogP contribution is 2.19. The minimum atomic E-state index is 0.116. The molecule has 0 amide bonds. The van der Waals surface area contributed by atoms with Gasteiger partial charge in [0.1, 0.15) is 5.04 Å². The van der Waals surface area contributed by atoms with Gasteiger partial charge in [-0.3, -0.25) is 5.01 Å². The maximum Gasteiger partial charge on any atom is 0.112 e. The topological polar surface area (TPSA) is 41.6 Å². The van der Waals surface area contributed by atoms with E-state index < -0.39 is 0 Å². The molecule has 1 heterocycles. The highest BCUT2D eigenvalue weighted by molar-refractivity contribution is 8.14. The Hall–Kier alpha value is -0.220. The van der Waals surface area contributed by atoms with E-state index in [4.69, 9.17) is 5.73 Å². The van der Waals surface area contributed by atoms with Crippen molar-refractivity contribution in [3.05, 3.63) is 0 Å². The van der Waals surface area contributed by atoms with E-state index >= 15 is 0 Å². The zero-order valence-electron chi connectivity index (χ0n) is 7.24. The van der Waals surface area contributed by atoms with Gasteiger partial charge in [-0.1, -0.05) is 25.6 Å². The van der Waals surface area contributed by atoms with Crippen molar-refractivity contribution in [1.29, 1.82) is 0 Å². The van der Waals surface area contributed by atoms with E-state index in [2.05, 4.69) is 18.9 Å². The van der Waals surface area contributed by atoms with E-state index in [1.165, 1.54) is 0 Å². The first-order valence-corrected chi connectivity index (χ1v) is 4.78. The molecule has 0 aliphatic carbocycles. The number of nitrogens with two attached hydrogens (primary N) is 1. The van der Waals surface area contributed by atoms with Crippen molar-refractivity contribution in [2.45, 2.75) is 19.9 Å². The second-order valence-corrected chi connectivity index (χ2v) is 4.10. The second kappa shape index (κ2) is 3.45. The Balaban J connectivity index is 2.54. The third kappa shape index (κ3) is 2.10. The molecule has 0 aromatic rings. The summed E-state index contributed by atoms with van der Waals surface area (Å²) in [4.78, 5) is 0. The summed E-state index contributed by atoms with van der Waals surface area (Å²) in [5.74, 6) is 1.42. The molecule has 1 aliphatic heterocycles. The van der Waals surface area contributed by atoms with Crippen molar-refractivity contribution >= 4 is 16.8 Å². The van der Waals surface area contributed by atoms with E-state index in [1.807, 2.05) is 12.1 Å². The Morgan fingerprint density at radius 3 is 2.64 bits per heavy atom. The highest BCUT2D eigenvalue weighted by Gasteiger charge is 2.20.